The van der Waals surface area contributed by atoms with E-state index in [-0.39, 0.29) is 6.03 Å². The number of rotatable bonds is 7. The van der Waals surface area contributed by atoms with E-state index in [0.29, 0.717) is 12.5 Å². The van der Waals surface area contributed by atoms with E-state index in [9.17, 15) is 4.79 Å². The van der Waals surface area contributed by atoms with Crippen molar-refractivity contribution in [3.63, 3.8) is 0 Å². The van der Waals surface area contributed by atoms with E-state index < -0.39 is 0 Å². The molecular weight excluding hydrogens is 342 g/mol. The molecule has 0 unspecified atom stereocenters. The molecule has 2 heterocycles. The highest BCUT2D eigenvalue weighted by Crippen LogP contribution is 2.20. The van der Waals surface area contributed by atoms with Gasteiger partial charge in [-0.3, -0.25) is 4.57 Å². The standard InChI is InChI=1S/C19H25N7O/c1-4-15-5-6-16(26-12-22-23-13-26)7-18(15)24-19(27)21-9-17-8-20-11-25(17)10-14(2)3/h5-8,11-14H,4,9-10H2,1-3H3,(H2,21,24,27). The van der Waals surface area contributed by atoms with Gasteiger partial charge in [-0.1, -0.05) is 26.8 Å². The molecule has 142 valence electrons. The highest BCUT2D eigenvalue weighted by Gasteiger charge is 2.10. The van der Waals surface area contributed by atoms with Gasteiger partial charge in [0.05, 0.1) is 24.3 Å². The quantitative estimate of drug-likeness (QED) is 0.672. The van der Waals surface area contributed by atoms with E-state index >= 15 is 0 Å². The second-order valence-electron chi connectivity index (χ2n) is 6.80. The van der Waals surface area contributed by atoms with Gasteiger partial charge in [0.15, 0.2) is 0 Å². The third-order valence-corrected chi connectivity index (χ3v) is 4.23. The second-order valence-corrected chi connectivity index (χ2v) is 6.80. The number of carbonyl (C=O) groups excluding carboxylic acids is 1. The number of aromatic nitrogens is 5. The average molecular weight is 367 g/mol. The number of carbonyl (C=O) groups is 1. The molecule has 2 aromatic heterocycles. The van der Waals surface area contributed by atoms with Crippen molar-refractivity contribution in [1.29, 1.82) is 0 Å². The lowest BCUT2D eigenvalue weighted by molar-refractivity contribution is 0.251. The summed E-state index contributed by atoms with van der Waals surface area (Å²) in [5, 5.41) is 13.5. The van der Waals surface area contributed by atoms with Crippen LogP contribution in [0.5, 0.6) is 0 Å². The van der Waals surface area contributed by atoms with Crippen molar-refractivity contribution in [2.75, 3.05) is 5.32 Å². The maximum atomic E-state index is 12.4. The molecule has 3 rings (SSSR count). The van der Waals surface area contributed by atoms with Crippen LogP contribution in [0.4, 0.5) is 10.5 Å². The largest absolute Gasteiger partial charge is 0.333 e. The summed E-state index contributed by atoms with van der Waals surface area (Å²) in [6.07, 6.45) is 7.65. The van der Waals surface area contributed by atoms with Gasteiger partial charge in [-0.05, 0) is 30.0 Å². The number of nitrogens with zero attached hydrogens (tertiary/aromatic N) is 5. The Kier molecular flexibility index (Phi) is 5.85. The molecule has 0 aliphatic carbocycles. The van der Waals surface area contributed by atoms with Crippen LogP contribution in [-0.4, -0.2) is 30.3 Å². The van der Waals surface area contributed by atoms with Gasteiger partial charge < -0.3 is 15.2 Å². The number of aryl methyl sites for hydroxylation is 1. The molecule has 0 fully saturated rings. The first-order valence-corrected chi connectivity index (χ1v) is 9.08. The minimum atomic E-state index is -0.247. The zero-order chi connectivity index (χ0) is 19.2. The first-order chi connectivity index (χ1) is 13.1. The summed E-state index contributed by atoms with van der Waals surface area (Å²) in [6.45, 7) is 7.66. The summed E-state index contributed by atoms with van der Waals surface area (Å²) in [5.41, 5.74) is 3.71. The predicted molar refractivity (Wildman–Crippen MR) is 104 cm³/mol. The van der Waals surface area contributed by atoms with Crippen LogP contribution in [0.2, 0.25) is 0 Å². The number of anilines is 1. The molecule has 0 aliphatic heterocycles. The van der Waals surface area contributed by atoms with E-state index in [1.807, 2.05) is 18.2 Å². The highest BCUT2D eigenvalue weighted by atomic mass is 16.2. The van der Waals surface area contributed by atoms with Crippen molar-refractivity contribution in [3.05, 3.63) is 54.6 Å². The van der Waals surface area contributed by atoms with E-state index in [1.165, 1.54) is 0 Å². The molecule has 3 aromatic rings. The SMILES string of the molecule is CCc1ccc(-n2cnnc2)cc1NC(=O)NCc1cncn1CC(C)C. The first kappa shape index (κ1) is 18.6. The Balaban J connectivity index is 1.67. The molecular formula is C19H25N7O. The van der Waals surface area contributed by atoms with Gasteiger partial charge in [0, 0.05) is 18.4 Å². The molecule has 2 N–H and O–H groups in total. The van der Waals surface area contributed by atoms with Crippen molar-refractivity contribution >= 4 is 11.7 Å². The topological polar surface area (TPSA) is 89.7 Å². The summed E-state index contributed by atoms with van der Waals surface area (Å²) in [7, 11) is 0. The third-order valence-electron chi connectivity index (χ3n) is 4.23. The normalized spacial score (nSPS) is 11.0. The fourth-order valence-corrected chi connectivity index (χ4v) is 2.87. The van der Waals surface area contributed by atoms with Crippen LogP contribution in [0.1, 0.15) is 32.0 Å². The summed E-state index contributed by atoms with van der Waals surface area (Å²) in [6, 6.07) is 5.66. The van der Waals surface area contributed by atoms with Crippen molar-refractivity contribution in [2.24, 2.45) is 5.92 Å². The van der Waals surface area contributed by atoms with Crippen molar-refractivity contribution in [3.8, 4) is 5.69 Å². The Morgan fingerprint density at radius 1 is 1.19 bits per heavy atom. The van der Waals surface area contributed by atoms with Gasteiger partial charge in [0.1, 0.15) is 12.7 Å². The maximum absolute atomic E-state index is 12.4. The van der Waals surface area contributed by atoms with Crippen molar-refractivity contribution in [1.82, 2.24) is 29.6 Å². The lowest BCUT2D eigenvalue weighted by atomic mass is 10.1. The molecule has 2 amide bonds. The van der Waals surface area contributed by atoms with Crippen LogP contribution in [0.25, 0.3) is 5.69 Å². The summed E-state index contributed by atoms with van der Waals surface area (Å²) >= 11 is 0. The van der Waals surface area contributed by atoms with Gasteiger partial charge in [-0.2, -0.15) is 0 Å². The van der Waals surface area contributed by atoms with Gasteiger partial charge in [-0.25, -0.2) is 9.78 Å². The van der Waals surface area contributed by atoms with E-state index in [4.69, 9.17) is 0 Å². The number of benzene rings is 1. The maximum Gasteiger partial charge on any atom is 0.319 e. The first-order valence-electron chi connectivity index (χ1n) is 9.08. The molecule has 0 aliphatic rings. The Morgan fingerprint density at radius 2 is 1.96 bits per heavy atom. The number of urea groups is 1. The third kappa shape index (κ3) is 4.72. The summed E-state index contributed by atoms with van der Waals surface area (Å²) in [5.74, 6) is 0.513. The summed E-state index contributed by atoms with van der Waals surface area (Å²) < 4.78 is 3.86. The van der Waals surface area contributed by atoms with Gasteiger partial charge in [-0.15, -0.1) is 10.2 Å². The molecule has 0 spiro atoms. The van der Waals surface area contributed by atoms with Crippen LogP contribution >= 0.6 is 0 Å². The highest BCUT2D eigenvalue weighted by molar-refractivity contribution is 5.90. The lowest BCUT2D eigenvalue weighted by Gasteiger charge is -2.14. The van der Waals surface area contributed by atoms with Crippen molar-refractivity contribution in [2.45, 2.75) is 40.3 Å². The smallest absolute Gasteiger partial charge is 0.319 e. The molecule has 0 bridgehead atoms. The Hall–Kier alpha value is -3.16. The molecule has 0 saturated heterocycles. The summed E-state index contributed by atoms with van der Waals surface area (Å²) in [4.78, 5) is 16.6. The van der Waals surface area contributed by atoms with E-state index in [2.05, 4.69) is 51.2 Å². The van der Waals surface area contributed by atoms with Crippen molar-refractivity contribution < 1.29 is 4.79 Å². The molecule has 1 aromatic carbocycles. The van der Waals surface area contributed by atoms with E-state index in [0.717, 1.165) is 35.6 Å². The molecule has 0 radical (unpaired) electrons. The van der Waals surface area contributed by atoms with Gasteiger partial charge >= 0.3 is 6.03 Å². The Labute approximate surface area is 158 Å². The number of hydrogen-bond donors (Lipinski definition) is 2. The molecule has 27 heavy (non-hydrogen) atoms. The minimum absolute atomic E-state index is 0.247. The predicted octanol–water partition coefficient (Wildman–Crippen LogP) is 3.00. The minimum Gasteiger partial charge on any atom is -0.333 e. The van der Waals surface area contributed by atoms with Crippen LogP contribution in [0, 0.1) is 5.92 Å². The van der Waals surface area contributed by atoms with Crippen LogP contribution in [-0.2, 0) is 19.5 Å². The zero-order valence-corrected chi connectivity index (χ0v) is 15.9. The van der Waals surface area contributed by atoms with Crippen LogP contribution in [0.15, 0.2) is 43.4 Å². The Morgan fingerprint density at radius 3 is 2.67 bits per heavy atom. The Bertz CT molecular complexity index is 883. The number of amides is 2. The number of imidazole rings is 1. The fourth-order valence-electron chi connectivity index (χ4n) is 2.87. The van der Waals surface area contributed by atoms with Gasteiger partial charge in [0.25, 0.3) is 0 Å². The van der Waals surface area contributed by atoms with E-state index in [1.54, 1.807) is 29.7 Å². The monoisotopic (exact) mass is 367 g/mol. The molecule has 8 heteroatoms. The number of hydrogen-bond acceptors (Lipinski definition) is 4. The molecule has 0 saturated carbocycles. The number of nitrogens with one attached hydrogen (secondary N) is 2. The van der Waals surface area contributed by atoms with Crippen LogP contribution in [0.3, 0.4) is 0 Å². The molecule has 0 atom stereocenters. The lowest BCUT2D eigenvalue weighted by Crippen LogP contribution is -2.29. The fraction of sp³-hybridized carbons (Fsp3) is 0.368. The van der Waals surface area contributed by atoms with Gasteiger partial charge in [0.2, 0.25) is 0 Å². The zero-order valence-electron chi connectivity index (χ0n) is 15.9. The average Bonchev–Trinajstić information content (AvgIpc) is 3.31. The second kappa shape index (κ2) is 8.48. The van der Waals surface area contributed by atoms with Crippen LogP contribution < -0.4 is 10.6 Å². The molecule has 8 nitrogen and oxygen atoms in total.